The minimum absolute atomic E-state index is 0.00731. The summed E-state index contributed by atoms with van der Waals surface area (Å²) in [6.07, 6.45) is 2.91. The molecule has 1 aromatic carbocycles. The van der Waals surface area contributed by atoms with E-state index < -0.39 is 17.2 Å². The zero-order valence-corrected chi connectivity index (χ0v) is 11.1. The minimum atomic E-state index is -1.27. The van der Waals surface area contributed by atoms with Crippen LogP contribution in [-0.4, -0.2) is 15.6 Å². The highest BCUT2D eigenvalue weighted by Crippen LogP contribution is 2.18. The zero-order chi connectivity index (χ0) is 14.9. The summed E-state index contributed by atoms with van der Waals surface area (Å²) in [4.78, 5) is 23.3. The number of carboxylic acids is 1. The lowest BCUT2D eigenvalue weighted by atomic mass is 10.0. The van der Waals surface area contributed by atoms with Gasteiger partial charge in [-0.1, -0.05) is 12.1 Å². The van der Waals surface area contributed by atoms with Crippen LogP contribution in [0.5, 0.6) is 0 Å². The van der Waals surface area contributed by atoms with Gasteiger partial charge in [-0.05, 0) is 31.5 Å². The first-order valence-corrected chi connectivity index (χ1v) is 6.15. The lowest BCUT2D eigenvalue weighted by Crippen LogP contribution is -2.20. The first kappa shape index (κ1) is 14.0. The molecule has 104 valence electrons. The molecule has 0 unspecified atom stereocenters. The Bertz CT molecular complexity index is 702. The third-order valence-corrected chi connectivity index (χ3v) is 3.03. The van der Waals surface area contributed by atoms with Crippen LogP contribution in [0.15, 0.2) is 41.5 Å². The number of aromatic carboxylic acids is 1. The number of rotatable bonds is 3. The molecule has 0 bridgehead atoms. The summed E-state index contributed by atoms with van der Waals surface area (Å²) in [6, 6.07) is 5.40. The topological polar surface area (TPSA) is 59.3 Å². The molecule has 0 fully saturated rings. The van der Waals surface area contributed by atoms with Gasteiger partial charge < -0.3 is 9.67 Å². The van der Waals surface area contributed by atoms with E-state index in [0.717, 1.165) is 0 Å². The summed E-state index contributed by atoms with van der Waals surface area (Å²) in [5.74, 6) is -1.68. The van der Waals surface area contributed by atoms with Crippen LogP contribution in [0.2, 0.25) is 0 Å². The molecule has 0 atom stereocenters. The van der Waals surface area contributed by atoms with Crippen molar-refractivity contribution in [2.75, 3.05) is 0 Å². The number of carboxylic acid groups (broad SMARTS) is 1. The standard InChI is InChI=1S/C15H14FNO3/c1-9(2)17-7-12(10-3-5-11(16)6-4-10)14(18)13(8-17)15(19)20/h3-9H,1-2H3,(H,19,20). The SMILES string of the molecule is CC(C)n1cc(C(=O)O)c(=O)c(-c2ccc(F)cc2)c1. The van der Waals surface area contributed by atoms with Crippen LogP contribution in [0, 0.1) is 5.82 Å². The highest BCUT2D eigenvalue weighted by Gasteiger charge is 2.15. The molecule has 0 aliphatic heterocycles. The maximum Gasteiger partial charge on any atom is 0.341 e. The van der Waals surface area contributed by atoms with E-state index in [0.29, 0.717) is 5.56 Å². The predicted molar refractivity (Wildman–Crippen MR) is 73.4 cm³/mol. The third-order valence-electron chi connectivity index (χ3n) is 3.03. The Hall–Kier alpha value is -2.43. The number of hydrogen-bond acceptors (Lipinski definition) is 2. The molecule has 20 heavy (non-hydrogen) atoms. The van der Waals surface area contributed by atoms with E-state index >= 15 is 0 Å². The summed E-state index contributed by atoms with van der Waals surface area (Å²) in [5, 5.41) is 9.11. The van der Waals surface area contributed by atoms with Gasteiger partial charge >= 0.3 is 5.97 Å². The minimum Gasteiger partial charge on any atom is -0.477 e. The molecule has 2 aromatic rings. The lowest BCUT2D eigenvalue weighted by Gasteiger charge is -2.14. The fourth-order valence-corrected chi connectivity index (χ4v) is 1.88. The Morgan fingerprint density at radius 1 is 1.20 bits per heavy atom. The Labute approximate surface area is 115 Å². The van der Waals surface area contributed by atoms with E-state index in [2.05, 4.69) is 0 Å². The molecule has 0 saturated carbocycles. The van der Waals surface area contributed by atoms with Gasteiger partial charge in [-0.3, -0.25) is 4.79 Å². The molecule has 0 aliphatic rings. The van der Waals surface area contributed by atoms with Crippen LogP contribution in [0.1, 0.15) is 30.2 Å². The van der Waals surface area contributed by atoms with Crippen LogP contribution in [0.25, 0.3) is 11.1 Å². The van der Waals surface area contributed by atoms with E-state index in [1.807, 2.05) is 13.8 Å². The largest absolute Gasteiger partial charge is 0.477 e. The molecule has 0 radical (unpaired) electrons. The number of pyridine rings is 1. The normalized spacial score (nSPS) is 10.8. The maximum atomic E-state index is 12.9. The number of nitrogens with zero attached hydrogens (tertiary/aromatic N) is 1. The van der Waals surface area contributed by atoms with Crippen molar-refractivity contribution in [3.63, 3.8) is 0 Å². The molecular weight excluding hydrogens is 261 g/mol. The fourth-order valence-electron chi connectivity index (χ4n) is 1.88. The number of aromatic nitrogens is 1. The Kier molecular flexibility index (Phi) is 3.70. The monoisotopic (exact) mass is 275 g/mol. The molecule has 0 spiro atoms. The van der Waals surface area contributed by atoms with Crippen molar-refractivity contribution in [3.05, 3.63) is 58.3 Å². The Balaban J connectivity index is 2.71. The summed E-state index contributed by atoms with van der Waals surface area (Å²) in [7, 11) is 0. The van der Waals surface area contributed by atoms with E-state index in [1.165, 1.54) is 30.5 Å². The van der Waals surface area contributed by atoms with Crippen LogP contribution >= 0.6 is 0 Å². The van der Waals surface area contributed by atoms with Crippen LogP contribution in [-0.2, 0) is 0 Å². The van der Waals surface area contributed by atoms with E-state index in [9.17, 15) is 14.0 Å². The van der Waals surface area contributed by atoms with Crippen molar-refractivity contribution in [2.45, 2.75) is 19.9 Å². The molecule has 1 aromatic heterocycles. The highest BCUT2D eigenvalue weighted by atomic mass is 19.1. The maximum absolute atomic E-state index is 12.9. The van der Waals surface area contributed by atoms with E-state index in [1.54, 1.807) is 10.8 Å². The van der Waals surface area contributed by atoms with Crippen molar-refractivity contribution in [3.8, 4) is 11.1 Å². The molecule has 5 heteroatoms. The quantitative estimate of drug-likeness (QED) is 0.936. The highest BCUT2D eigenvalue weighted by molar-refractivity contribution is 5.88. The van der Waals surface area contributed by atoms with Crippen molar-refractivity contribution in [1.82, 2.24) is 4.57 Å². The van der Waals surface area contributed by atoms with Crippen LogP contribution < -0.4 is 5.43 Å². The molecular formula is C15H14FNO3. The second-order valence-corrected chi connectivity index (χ2v) is 4.77. The summed E-state index contributed by atoms with van der Waals surface area (Å²) in [6.45, 7) is 3.76. The van der Waals surface area contributed by atoms with Gasteiger partial charge in [-0.25, -0.2) is 9.18 Å². The average molecular weight is 275 g/mol. The Morgan fingerprint density at radius 2 is 1.80 bits per heavy atom. The smallest absolute Gasteiger partial charge is 0.341 e. The zero-order valence-electron chi connectivity index (χ0n) is 11.1. The van der Waals surface area contributed by atoms with Crippen molar-refractivity contribution in [2.24, 2.45) is 0 Å². The molecule has 1 heterocycles. The second-order valence-electron chi connectivity index (χ2n) is 4.77. The van der Waals surface area contributed by atoms with Crippen LogP contribution in [0.3, 0.4) is 0 Å². The molecule has 2 rings (SSSR count). The van der Waals surface area contributed by atoms with Gasteiger partial charge in [0, 0.05) is 24.0 Å². The second kappa shape index (κ2) is 5.28. The molecule has 0 aliphatic carbocycles. The van der Waals surface area contributed by atoms with Crippen molar-refractivity contribution in [1.29, 1.82) is 0 Å². The van der Waals surface area contributed by atoms with Crippen molar-refractivity contribution >= 4 is 5.97 Å². The number of hydrogen-bond donors (Lipinski definition) is 1. The summed E-state index contributed by atoms with van der Waals surface area (Å²) < 4.78 is 14.6. The van der Waals surface area contributed by atoms with Gasteiger partial charge in [0.1, 0.15) is 11.4 Å². The fraction of sp³-hybridized carbons (Fsp3) is 0.200. The Morgan fingerprint density at radius 3 is 2.30 bits per heavy atom. The van der Waals surface area contributed by atoms with Gasteiger partial charge in [0.05, 0.1) is 0 Å². The molecule has 4 nitrogen and oxygen atoms in total. The molecule has 0 amide bonds. The van der Waals surface area contributed by atoms with Gasteiger partial charge in [-0.15, -0.1) is 0 Å². The first-order chi connectivity index (χ1) is 9.40. The predicted octanol–water partition coefficient (Wildman–Crippen LogP) is 2.93. The molecule has 1 N–H and O–H groups in total. The van der Waals surface area contributed by atoms with Crippen LogP contribution in [0.4, 0.5) is 4.39 Å². The number of benzene rings is 1. The van der Waals surface area contributed by atoms with Gasteiger partial charge in [0.25, 0.3) is 0 Å². The van der Waals surface area contributed by atoms with Gasteiger partial charge in [-0.2, -0.15) is 0 Å². The van der Waals surface area contributed by atoms with Crippen molar-refractivity contribution < 1.29 is 14.3 Å². The molecule has 0 saturated heterocycles. The number of carbonyl (C=O) groups is 1. The number of halogens is 1. The first-order valence-electron chi connectivity index (χ1n) is 6.15. The summed E-state index contributed by atoms with van der Waals surface area (Å²) >= 11 is 0. The summed E-state index contributed by atoms with van der Waals surface area (Å²) in [5.41, 5.74) is -0.117. The van der Waals surface area contributed by atoms with E-state index in [4.69, 9.17) is 5.11 Å². The third kappa shape index (κ3) is 2.61. The van der Waals surface area contributed by atoms with Gasteiger partial charge in [0.2, 0.25) is 5.43 Å². The lowest BCUT2D eigenvalue weighted by molar-refractivity contribution is 0.0694. The van der Waals surface area contributed by atoms with E-state index in [-0.39, 0.29) is 17.2 Å². The average Bonchev–Trinajstić information content (AvgIpc) is 2.39. The van der Waals surface area contributed by atoms with Gasteiger partial charge in [0.15, 0.2) is 0 Å².